The van der Waals surface area contributed by atoms with Gasteiger partial charge in [0, 0.05) is 13.1 Å². The highest BCUT2D eigenvalue weighted by Crippen LogP contribution is 2.18. The van der Waals surface area contributed by atoms with Crippen LogP contribution in [0, 0.1) is 5.82 Å². The summed E-state index contributed by atoms with van der Waals surface area (Å²) in [4.78, 5) is 36.2. The first-order valence-corrected chi connectivity index (χ1v) is 8.68. The number of ketones is 1. The van der Waals surface area contributed by atoms with Crippen LogP contribution < -0.4 is 0 Å². The van der Waals surface area contributed by atoms with Crippen molar-refractivity contribution in [2.75, 3.05) is 0 Å². The minimum absolute atomic E-state index is 0.138. The number of carbonyl (C=O) groups excluding carboxylic acids is 2. The highest BCUT2D eigenvalue weighted by atomic mass is 19.1. The number of benzene rings is 3. The maximum Gasteiger partial charge on any atom is 0.372 e. The average molecular weight is 379 g/mol. The van der Waals surface area contributed by atoms with E-state index < -0.39 is 29.9 Å². The van der Waals surface area contributed by atoms with Crippen LogP contribution in [0.15, 0.2) is 66.7 Å². The van der Waals surface area contributed by atoms with E-state index in [2.05, 4.69) is 0 Å². The molecule has 3 aromatic carbocycles. The molecule has 1 N–H and O–H groups in total. The van der Waals surface area contributed by atoms with Gasteiger partial charge in [0.25, 0.3) is 0 Å². The van der Waals surface area contributed by atoms with E-state index in [1.54, 1.807) is 12.1 Å². The molecule has 142 valence electrons. The largest absolute Gasteiger partial charge is 0.475 e. The fourth-order valence-electron chi connectivity index (χ4n) is 2.92. The Hall–Kier alpha value is -3.54. The summed E-state index contributed by atoms with van der Waals surface area (Å²) in [6.45, 7) is 0.340. The van der Waals surface area contributed by atoms with Crippen LogP contribution in [0.25, 0.3) is 10.8 Å². The minimum Gasteiger partial charge on any atom is -0.475 e. The van der Waals surface area contributed by atoms with Crippen LogP contribution in [0.4, 0.5) is 4.39 Å². The van der Waals surface area contributed by atoms with Crippen LogP contribution >= 0.6 is 0 Å². The van der Waals surface area contributed by atoms with Gasteiger partial charge < -0.3 is 10.0 Å². The van der Waals surface area contributed by atoms with E-state index in [1.165, 1.54) is 17.0 Å². The lowest BCUT2D eigenvalue weighted by Crippen LogP contribution is -2.33. The van der Waals surface area contributed by atoms with Crippen molar-refractivity contribution in [3.63, 3.8) is 0 Å². The molecule has 0 radical (unpaired) electrons. The maximum absolute atomic E-state index is 13.1. The zero-order chi connectivity index (χ0) is 20.1. The third kappa shape index (κ3) is 4.79. The number of fused-ring (bicyclic) bond motifs is 1. The molecule has 0 bridgehead atoms. The van der Waals surface area contributed by atoms with Crippen molar-refractivity contribution in [3.8, 4) is 0 Å². The zero-order valence-corrected chi connectivity index (χ0v) is 15.0. The second-order valence-electron chi connectivity index (χ2n) is 6.46. The highest BCUT2D eigenvalue weighted by Gasteiger charge is 2.22. The SMILES string of the molecule is O=C(O)C(=O)CC(=O)N(Cc1ccc(F)cc1)Cc1ccc2ccccc2c1. The summed E-state index contributed by atoms with van der Waals surface area (Å²) in [5, 5.41) is 10.8. The molecule has 0 aliphatic heterocycles. The fraction of sp³-hybridized carbons (Fsp3) is 0.136. The lowest BCUT2D eigenvalue weighted by Gasteiger charge is -2.23. The second kappa shape index (κ2) is 8.43. The summed E-state index contributed by atoms with van der Waals surface area (Å²) < 4.78 is 13.1. The van der Waals surface area contributed by atoms with E-state index in [4.69, 9.17) is 5.11 Å². The number of halogens is 1. The third-order valence-electron chi connectivity index (χ3n) is 4.38. The average Bonchev–Trinajstić information content (AvgIpc) is 2.68. The molecular weight excluding hydrogens is 361 g/mol. The molecule has 3 aromatic rings. The summed E-state index contributed by atoms with van der Waals surface area (Å²) in [5.74, 6) is -3.78. The zero-order valence-electron chi connectivity index (χ0n) is 15.0. The molecule has 3 rings (SSSR count). The number of aliphatic carboxylic acids is 1. The minimum atomic E-state index is -1.64. The van der Waals surface area contributed by atoms with Gasteiger partial charge in [-0.2, -0.15) is 0 Å². The summed E-state index contributed by atoms with van der Waals surface area (Å²) in [5.41, 5.74) is 1.52. The molecule has 0 heterocycles. The van der Waals surface area contributed by atoms with Crippen LogP contribution in [-0.2, 0) is 27.5 Å². The number of hydrogen-bond donors (Lipinski definition) is 1. The molecule has 0 atom stereocenters. The van der Waals surface area contributed by atoms with Crippen molar-refractivity contribution in [1.29, 1.82) is 0 Å². The molecule has 0 unspecified atom stereocenters. The Labute approximate surface area is 161 Å². The monoisotopic (exact) mass is 379 g/mol. The molecule has 0 aliphatic rings. The first-order valence-electron chi connectivity index (χ1n) is 8.68. The van der Waals surface area contributed by atoms with Gasteiger partial charge in [-0.1, -0.05) is 48.5 Å². The summed E-state index contributed by atoms with van der Waals surface area (Å²) in [6, 6.07) is 19.2. The lowest BCUT2D eigenvalue weighted by molar-refractivity contribution is -0.151. The van der Waals surface area contributed by atoms with Crippen molar-refractivity contribution < 1.29 is 23.9 Å². The van der Waals surface area contributed by atoms with E-state index in [1.807, 2.05) is 42.5 Å². The first kappa shape index (κ1) is 19.2. The summed E-state index contributed by atoms with van der Waals surface area (Å²) in [6.07, 6.45) is -0.718. The van der Waals surface area contributed by atoms with Gasteiger partial charge in [0.15, 0.2) is 0 Å². The molecule has 0 spiro atoms. The molecule has 5 nitrogen and oxygen atoms in total. The Kier molecular flexibility index (Phi) is 5.79. The predicted molar refractivity (Wildman–Crippen MR) is 102 cm³/mol. The molecule has 1 amide bonds. The Morgan fingerprint density at radius 3 is 2.11 bits per heavy atom. The quantitative estimate of drug-likeness (QED) is 0.503. The smallest absolute Gasteiger partial charge is 0.372 e. The van der Waals surface area contributed by atoms with E-state index in [0.717, 1.165) is 16.3 Å². The molecule has 0 saturated carbocycles. The van der Waals surface area contributed by atoms with E-state index in [9.17, 15) is 18.8 Å². The number of Topliss-reactive ketones (excluding diaryl/α,β-unsaturated/α-hetero) is 1. The topological polar surface area (TPSA) is 74.7 Å². The third-order valence-corrected chi connectivity index (χ3v) is 4.38. The van der Waals surface area contributed by atoms with Gasteiger partial charge in [-0.05, 0) is 40.1 Å². The Bertz CT molecular complexity index is 1030. The number of nitrogens with zero attached hydrogens (tertiary/aromatic N) is 1. The van der Waals surface area contributed by atoms with Gasteiger partial charge in [0.1, 0.15) is 5.82 Å². The van der Waals surface area contributed by atoms with Gasteiger partial charge in [-0.15, -0.1) is 0 Å². The van der Waals surface area contributed by atoms with Crippen LogP contribution in [0.5, 0.6) is 0 Å². The van der Waals surface area contributed by atoms with E-state index in [-0.39, 0.29) is 13.1 Å². The standard InChI is InChI=1S/C22H18FNO4/c23-19-9-6-15(7-10-19)13-24(21(26)12-20(25)22(27)28)14-16-5-8-17-3-1-2-4-18(17)11-16/h1-11H,12-14H2,(H,27,28). The van der Waals surface area contributed by atoms with Crippen molar-refractivity contribution >= 4 is 28.4 Å². The van der Waals surface area contributed by atoms with Gasteiger partial charge in [0.05, 0.1) is 6.42 Å². The molecule has 0 saturated heterocycles. The second-order valence-corrected chi connectivity index (χ2v) is 6.46. The van der Waals surface area contributed by atoms with E-state index in [0.29, 0.717) is 5.56 Å². The Balaban J connectivity index is 1.84. The fourth-order valence-corrected chi connectivity index (χ4v) is 2.92. The number of carboxylic acids is 1. The van der Waals surface area contributed by atoms with Gasteiger partial charge in [0.2, 0.25) is 11.7 Å². The van der Waals surface area contributed by atoms with Crippen molar-refractivity contribution in [2.45, 2.75) is 19.5 Å². The van der Waals surface area contributed by atoms with Crippen LogP contribution in [0.1, 0.15) is 17.5 Å². The molecule has 0 fully saturated rings. The number of carboxylic acid groups (broad SMARTS) is 1. The molecular formula is C22H18FNO4. The van der Waals surface area contributed by atoms with Crippen LogP contribution in [0.2, 0.25) is 0 Å². The summed E-state index contributed by atoms with van der Waals surface area (Å²) in [7, 11) is 0. The maximum atomic E-state index is 13.1. The number of amides is 1. The van der Waals surface area contributed by atoms with Gasteiger partial charge in [-0.3, -0.25) is 9.59 Å². The molecule has 0 aromatic heterocycles. The van der Waals surface area contributed by atoms with E-state index >= 15 is 0 Å². The predicted octanol–water partition coefficient (Wildman–Crippen LogP) is 3.55. The number of rotatable bonds is 7. The summed E-state index contributed by atoms with van der Waals surface area (Å²) >= 11 is 0. The van der Waals surface area contributed by atoms with Crippen LogP contribution in [0.3, 0.4) is 0 Å². The molecule has 0 aliphatic carbocycles. The van der Waals surface area contributed by atoms with Gasteiger partial charge in [-0.25, -0.2) is 9.18 Å². The highest BCUT2D eigenvalue weighted by molar-refractivity contribution is 6.36. The van der Waals surface area contributed by atoms with Crippen molar-refractivity contribution in [3.05, 3.63) is 83.7 Å². The number of hydrogen-bond acceptors (Lipinski definition) is 3. The Morgan fingerprint density at radius 1 is 0.821 bits per heavy atom. The molecule has 28 heavy (non-hydrogen) atoms. The van der Waals surface area contributed by atoms with Crippen LogP contribution in [-0.4, -0.2) is 27.7 Å². The van der Waals surface area contributed by atoms with Crippen molar-refractivity contribution in [2.24, 2.45) is 0 Å². The molecule has 6 heteroatoms. The van der Waals surface area contributed by atoms with Gasteiger partial charge >= 0.3 is 5.97 Å². The number of carbonyl (C=O) groups is 3. The van der Waals surface area contributed by atoms with Crippen molar-refractivity contribution in [1.82, 2.24) is 4.90 Å². The first-order chi connectivity index (χ1) is 13.4. The Morgan fingerprint density at radius 2 is 1.43 bits per heavy atom. The lowest BCUT2D eigenvalue weighted by atomic mass is 10.1. The normalized spacial score (nSPS) is 10.6.